The Morgan fingerprint density at radius 2 is 2.17 bits per heavy atom. The highest BCUT2D eigenvalue weighted by molar-refractivity contribution is 5.92. The molecular weight excluding hydrogens is 306 g/mol. The first-order valence-corrected chi connectivity index (χ1v) is 7.70. The van der Waals surface area contributed by atoms with Gasteiger partial charge in [0.25, 0.3) is 0 Å². The number of nitrogens with zero attached hydrogens (tertiary/aromatic N) is 3. The fraction of sp³-hybridized carbons (Fsp3) is 0.412. The fourth-order valence-corrected chi connectivity index (χ4v) is 1.81. The standard InChI is InChI=1S/C17H25N5O2/c1-12(2)9-10-14(4)20-24-11-15-13(3)7-6-8-16(15)19-17(23)22(5)21-18/h6-10,12,18H,11H2,1-5H3,(H,19,23)/b10-9+,20-14+,21-18?. The molecule has 1 aromatic rings. The van der Waals surface area contributed by atoms with E-state index in [1.54, 1.807) is 6.07 Å². The summed E-state index contributed by atoms with van der Waals surface area (Å²) in [4.78, 5) is 17.3. The predicted octanol–water partition coefficient (Wildman–Crippen LogP) is 4.51. The maximum atomic E-state index is 11.9. The highest BCUT2D eigenvalue weighted by Gasteiger charge is 2.12. The van der Waals surface area contributed by atoms with E-state index in [-0.39, 0.29) is 6.61 Å². The molecule has 0 saturated carbocycles. The highest BCUT2D eigenvalue weighted by atomic mass is 16.6. The van der Waals surface area contributed by atoms with E-state index < -0.39 is 6.03 Å². The van der Waals surface area contributed by atoms with Gasteiger partial charge in [-0.2, -0.15) is 10.5 Å². The van der Waals surface area contributed by atoms with Gasteiger partial charge < -0.3 is 10.2 Å². The van der Waals surface area contributed by atoms with Gasteiger partial charge in [-0.15, -0.1) is 0 Å². The van der Waals surface area contributed by atoms with E-state index >= 15 is 0 Å². The summed E-state index contributed by atoms with van der Waals surface area (Å²) in [5, 5.41) is 10.7. The Labute approximate surface area is 142 Å². The van der Waals surface area contributed by atoms with Crippen molar-refractivity contribution in [2.45, 2.75) is 34.3 Å². The molecule has 0 aliphatic rings. The third-order valence-corrected chi connectivity index (χ3v) is 3.24. The summed E-state index contributed by atoms with van der Waals surface area (Å²) in [7, 11) is 1.41. The molecule has 0 aliphatic carbocycles. The highest BCUT2D eigenvalue weighted by Crippen LogP contribution is 2.21. The molecule has 1 rings (SSSR count). The van der Waals surface area contributed by atoms with Crippen molar-refractivity contribution < 1.29 is 9.63 Å². The van der Waals surface area contributed by atoms with Crippen LogP contribution in [0.2, 0.25) is 0 Å². The Balaban J connectivity index is 2.82. The average molecular weight is 331 g/mol. The van der Waals surface area contributed by atoms with Crippen LogP contribution in [0.5, 0.6) is 0 Å². The second kappa shape index (κ2) is 9.44. The van der Waals surface area contributed by atoms with E-state index in [9.17, 15) is 4.79 Å². The number of hydrogen-bond donors (Lipinski definition) is 2. The van der Waals surface area contributed by atoms with Crippen molar-refractivity contribution in [3.63, 3.8) is 0 Å². The van der Waals surface area contributed by atoms with Crippen LogP contribution in [0.3, 0.4) is 0 Å². The first kappa shape index (κ1) is 19.3. The molecule has 0 fully saturated rings. The van der Waals surface area contributed by atoms with Gasteiger partial charge in [0.2, 0.25) is 0 Å². The zero-order valence-corrected chi connectivity index (χ0v) is 14.8. The van der Waals surface area contributed by atoms with Gasteiger partial charge in [-0.05, 0) is 37.5 Å². The minimum absolute atomic E-state index is 0.233. The Bertz CT molecular complexity index is 638. The Morgan fingerprint density at radius 3 is 2.79 bits per heavy atom. The minimum Gasteiger partial charge on any atom is -0.391 e. The van der Waals surface area contributed by atoms with Crippen molar-refractivity contribution in [3.05, 3.63) is 41.5 Å². The maximum absolute atomic E-state index is 11.9. The van der Waals surface area contributed by atoms with Crippen LogP contribution in [0.15, 0.2) is 40.7 Å². The number of hydrogen-bond acceptors (Lipinski definition) is 5. The van der Waals surface area contributed by atoms with Crippen LogP contribution in [0.1, 0.15) is 31.9 Å². The monoisotopic (exact) mass is 331 g/mol. The van der Waals surface area contributed by atoms with Crippen LogP contribution in [0.4, 0.5) is 10.5 Å². The molecule has 0 heterocycles. The van der Waals surface area contributed by atoms with Crippen molar-refractivity contribution in [3.8, 4) is 0 Å². The van der Waals surface area contributed by atoms with Crippen LogP contribution in [0.25, 0.3) is 0 Å². The molecule has 0 atom stereocenters. The quantitative estimate of drug-likeness (QED) is 0.437. The molecular formula is C17H25N5O2. The van der Waals surface area contributed by atoms with Crippen molar-refractivity contribution in [1.82, 2.24) is 5.01 Å². The molecule has 0 aliphatic heterocycles. The van der Waals surface area contributed by atoms with Crippen LogP contribution >= 0.6 is 0 Å². The first-order valence-electron chi connectivity index (χ1n) is 7.70. The van der Waals surface area contributed by atoms with E-state index in [4.69, 9.17) is 10.4 Å². The summed E-state index contributed by atoms with van der Waals surface area (Å²) in [5.74, 6) is 0.452. The van der Waals surface area contributed by atoms with E-state index in [1.165, 1.54) is 7.05 Å². The summed E-state index contributed by atoms with van der Waals surface area (Å²) >= 11 is 0. The lowest BCUT2D eigenvalue weighted by Gasteiger charge is -2.15. The number of aryl methyl sites for hydroxylation is 1. The van der Waals surface area contributed by atoms with E-state index in [0.717, 1.165) is 21.8 Å². The molecule has 0 bridgehead atoms. The van der Waals surface area contributed by atoms with Gasteiger partial charge in [0.15, 0.2) is 0 Å². The Hall–Kier alpha value is -2.70. The van der Waals surface area contributed by atoms with Gasteiger partial charge >= 0.3 is 6.03 Å². The van der Waals surface area contributed by atoms with Gasteiger partial charge in [0.05, 0.1) is 5.71 Å². The van der Waals surface area contributed by atoms with Gasteiger partial charge in [-0.25, -0.2) is 4.79 Å². The van der Waals surface area contributed by atoms with E-state index in [1.807, 2.05) is 38.1 Å². The van der Waals surface area contributed by atoms with Crippen LogP contribution in [-0.2, 0) is 11.4 Å². The summed E-state index contributed by atoms with van der Waals surface area (Å²) < 4.78 is 0. The van der Waals surface area contributed by atoms with Crippen LogP contribution in [0, 0.1) is 18.4 Å². The van der Waals surface area contributed by atoms with Gasteiger partial charge in [0.1, 0.15) is 6.61 Å². The number of oxime groups is 1. The largest absolute Gasteiger partial charge is 0.391 e. The van der Waals surface area contributed by atoms with Crippen LogP contribution in [-0.4, -0.2) is 23.8 Å². The summed E-state index contributed by atoms with van der Waals surface area (Å²) in [6.07, 6.45) is 3.96. The maximum Gasteiger partial charge on any atom is 0.343 e. The molecule has 7 nitrogen and oxygen atoms in total. The Kier molecular flexibility index (Phi) is 7.61. The second-order valence-corrected chi connectivity index (χ2v) is 5.76. The topological polar surface area (TPSA) is 90.1 Å². The normalized spacial score (nSPS) is 11.7. The first-order chi connectivity index (χ1) is 11.3. The lowest BCUT2D eigenvalue weighted by Crippen LogP contribution is -2.26. The third-order valence-electron chi connectivity index (χ3n) is 3.24. The minimum atomic E-state index is -0.489. The zero-order valence-electron chi connectivity index (χ0n) is 14.8. The lowest BCUT2D eigenvalue weighted by molar-refractivity contribution is 0.130. The average Bonchev–Trinajstić information content (AvgIpc) is 2.54. The smallest absolute Gasteiger partial charge is 0.343 e. The molecule has 2 N–H and O–H groups in total. The summed E-state index contributed by atoms with van der Waals surface area (Å²) in [5.41, 5.74) is 10.1. The number of carbonyl (C=O) groups excluding carboxylic acids is 1. The molecule has 130 valence electrons. The Morgan fingerprint density at radius 1 is 1.46 bits per heavy atom. The number of nitrogens with one attached hydrogen (secondary N) is 2. The molecule has 7 heteroatoms. The molecule has 0 unspecified atom stereocenters. The van der Waals surface area contributed by atoms with Crippen molar-refractivity contribution >= 4 is 17.4 Å². The molecule has 2 amide bonds. The number of carbonyl (C=O) groups is 1. The number of urea groups is 1. The molecule has 0 aromatic heterocycles. The lowest BCUT2D eigenvalue weighted by atomic mass is 10.1. The summed E-state index contributed by atoms with van der Waals surface area (Å²) in [6, 6.07) is 5.06. The van der Waals surface area contributed by atoms with Gasteiger partial charge in [-0.1, -0.05) is 42.4 Å². The van der Waals surface area contributed by atoms with Crippen LogP contribution < -0.4 is 5.32 Å². The zero-order chi connectivity index (χ0) is 18.1. The second-order valence-electron chi connectivity index (χ2n) is 5.76. The molecule has 0 radical (unpaired) electrons. The number of allylic oxidation sites excluding steroid dienone is 2. The number of benzene rings is 1. The molecule has 0 spiro atoms. The molecule has 1 aromatic carbocycles. The van der Waals surface area contributed by atoms with E-state index in [2.05, 4.69) is 29.5 Å². The van der Waals surface area contributed by atoms with Crippen molar-refractivity contribution in [1.29, 1.82) is 5.53 Å². The number of anilines is 1. The number of amides is 2. The van der Waals surface area contributed by atoms with Gasteiger partial charge in [0, 0.05) is 18.3 Å². The van der Waals surface area contributed by atoms with E-state index in [0.29, 0.717) is 11.6 Å². The predicted molar refractivity (Wildman–Crippen MR) is 95.0 cm³/mol. The fourth-order valence-electron chi connectivity index (χ4n) is 1.81. The third kappa shape index (κ3) is 6.20. The van der Waals surface area contributed by atoms with Crippen molar-refractivity contribution in [2.75, 3.05) is 12.4 Å². The SMILES string of the molecule is CC(/C=C/C(C)C)=N\OCc1c(C)cccc1NC(=O)N(C)N=N. The number of rotatable bonds is 7. The molecule has 0 saturated heterocycles. The van der Waals surface area contributed by atoms with Gasteiger partial charge in [-0.3, -0.25) is 0 Å². The summed E-state index contributed by atoms with van der Waals surface area (Å²) in [6.45, 7) is 8.21. The molecule has 24 heavy (non-hydrogen) atoms. The van der Waals surface area contributed by atoms with Crippen molar-refractivity contribution in [2.24, 2.45) is 16.3 Å².